The number of allylic oxidation sites excluding steroid dienone is 4. The molecule has 0 fully saturated rings. The molecule has 0 saturated carbocycles. The molecule has 0 heterocycles. The monoisotopic (exact) mass is 515 g/mol. The first-order chi connectivity index (χ1) is 12.8. The minimum Gasteiger partial charge on any atom is -0.273 e. The number of hydrogen-bond donors (Lipinski definition) is 0. The van der Waals surface area contributed by atoms with Gasteiger partial charge in [0.25, 0.3) is 0 Å². The Morgan fingerprint density at radius 1 is 0.759 bits per heavy atom. The number of rotatable bonds is 0. The average molecular weight is 518 g/mol. The predicted octanol–water partition coefficient (Wildman–Crippen LogP) is 8.05. The summed E-state index contributed by atoms with van der Waals surface area (Å²) in [6.07, 6.45) is 10.0. The van der Waals surface area contributed by atoms with Crippen LogP contribution < -0.4 is 0 Å². The van der Waals surface area contributed by atoms with Gasteiger partial charge in [0.05, 0.1) is 0 Å². The van der Waals surface area contributed by atoms with Crippen molar-refractivity contribution in [2.75, 3.05) is 0 Å². The van der Waals surface area contributed by atoms with Gasteiger partial charge in [-0.25, -0.2) is 12.2 Å². The van der Waals surface area contributed by atoms with Crippen molar-refractivity contribution in [3.05, 3.63) is 109 Å². The fourth-order valence-electron chi connectivity index (χ4n) is 2.48. The zero-order valence-electron chi connectivity index (χ0n) is 16.8. The summed E-state index contributed by atoms with van der Waals surface area (Å²) in [6.45, 7) is 4.31. The van der Waals surface area contributed by atoms with Crippen LogP contribution >= 0.6 is 24.8 Å². The van der Waals surface area contributed by atoms with E-state index in [0.717, 1.165) is 15.9 Å². The summed E-state index contributed by atoms with van der Waals surface area (Å²) < 4.78 is 0. The molecule has 5 rings (SSSR count). The maximum absolute atomic E-state index is 2.99. The minimum absolute atomic E-state index is 0. The Kier molecular flexibility index (Phi) is 19.5. The third-order valence-electron chi connectivity index (χ3n) is 3.68. The van der Waals surface area contributed by atoms with E-state index in [1.54, 1.807) is 0 Å². The van der Waals surface area contributed by atoms with E-state index in [2.05, 4.69) is 110 Å². The second kappa shape index (κ2) is 18.8. The van der Waals surface area contributed by atoms with Crippen molar-refractivity contribution < 1.29 is 26.2 Å². The largest absolute Gasteiger partial charge is 3.00 e. The average Bonchev–Trinajstić information content (AvgIpc) is 3.46. The number of hydrogen-bond acceptors (Lipinski definition) is 0. The molecule has 0 atom stereocenters. The molecular formula is C25H27Cl2SiZr. The van der Waals surface area contributed by atoms with Crippen molar-refractivity contribution in [3.8, 4) is 0 Å². The van der Waals surface area contributed by atoms with Crippen molar-refractivity contribution in [3.63, 3.8) is 0 Å². The minimum atomic E-state index is 0. The van der Waals surface area contributed by atoms with E-state index >= 15 is 0 Å². The van der Waals surface area contributed by atoms with E-state index in [4.69, 9.17) is 0 Å². The van der Waals surface area contributed by atoms with Gasteiger partial charge in [-0.1, -0.05) is 25.2 Å². The third kappa shape index (κ3) is 11.6. The number of fused-ring (bicyclic) bond motifs is 2. The standard InChI is InChI=1S/2C9H7.C5H5.C2H6Si.2ClH.Zr/c2*1-2-5-9-7-3-6-8(9)4-1;1-2-4-5-3-1;1-3-2;;;/h2*1-7H;1-3H,4H2;1-2H3;2*1H;/q3*-1;;;;+3. The van der Waals surface area contributed by atoms with Crippen LogP contribution in [0.15, 0.2) is 103 Å². The molecule has 4 aromatic carbocycles. The van der Waals surface area contributed by atoms with Crippen molar-refractivity contribution in [1.29, 1.82) is 0 Å². The van der Waals surface area contributed by atoms with Crippen LogP contribution in [0.3, 0.4) is 0 Å². The maximum Gasteiger partial charge on any atom is 3.00 e. The Labute approximate surface area is 209 Å². The molecule has 0 spiro atoms. The van der Waals surface area contributed by atoms with Gasteiger partial charge in [0.2, 0.25) is 0 Å². The molecule has 0 amide bonds. The van der Waals surface area contributed by atoms with Crippen LogP contribution in [0.4, 0.5) is 0 Å². The topological polar surface area (TPSA) is 0 Å². The van der Waals surface area contributed by atoms with Gasteiger partial charge in [-0.3, -0.25) is 6.08 Å². The fraction of sp³-hybridized carbons (Fsp3) is 0.120. The maximum atomic E-state index is 2.99. The smallest absolute Gasteiger partial charge is 0.273 e. The summed E-state index contributed by atoms with van der Waals surface area (Å²) in [7, 11) is 1.08. The van der Waals surface area contributed by atoms with Crippen LogP contribution in [0.5, 0.6) is 0 Å². The van der Waals surface area contributed by atoms with E-state index in [1.807, 2.05) is 12.2 Å². The van der Waals surface area contributed by atoms with Gasteiger partial charge in [-0.15, -0.1) is 90.5 Å². The first-order valence-corrected chi connectivity index (χ1v) is 10.9. The van der Waals surface area contributed by atoms with Crippen molar-refractivity contribution >= 4 is 55.9 Å². The molecular weight excluding hydrogens is 490 g/mol. The molecule has 0 aliphatic heterocycles. The second-order valence-electron chi connectivity index (χ2n) is 5.81. The van der Waals surface area contributed by atoms with Crippen LogP contribution in [-0.2, 0) is 26.2 Å². The molecule has 4 heteroatoms. The van der Waals surface area contributed by atoms with Crippen LogP contribution in [0.1, 0.15) is 6.42 Å². The van der Waals surface area contributed by atoms with E-state index < -0.39 is 0 Å². The van der Waals surface area contributed by atoms with Crippen molar-refractivity contribution in [2.24, 2.45) is 0 Å². The molecule has 0 unspecified atom stereocenters. The SMILES string of the molecule is C[Si]C.Cl.Cl.[C-]1=CC=CC1.[Zr+3].c1ccc2[cH-]ccc2c1.c1ccc2[cH-]ccc2c1. The normalized spacial score (nSPS) is 10.0. The van der Waals surface area contributed by atoms with Gasteiger partial charge in [0.15, 0.2) is 0 Å². The summed E-state index contributed by atoms with van der Waals surface area (Å²) >= 11 is 0. The molecule has 4 aromatic rings. The van der Waals surface area contributed by atoms with Gasteiger partial charge in [0, 0.05) is 9.52 Å². The predicted molar refractivity (Wildman–Crippen MR) is 133 cm³/mol. The first kappa shape index (κ1) is 30.0. The fourth-order valence-corrected chi connectivity index (χ4v) is 2.48. The molecule has 149 valence electrons. The molecule has 29 heavy (non-hydrogen) atoms. The third-order valence-corrected chi connectivity index (χ3v) is 3.68. The molecule has 0 N–H and O–H groups in total. The number of halogens is 2. The van der Waals surface area contributed by atoms with E-state index in [0.29, 0.717) is 0 Å². The zero-order chi connectivity index (χ0) is 18.5. The summed E-state index contributed by atoms with van der Waals surface area (Å²) in [5, 5.41) is 5.32. The zero-order valence-corrected chi connectivity index (χ0v) is 21.9. The molecule has 1 aliphatic rings. The quantitative estimate of drug-likeness (QED) is 0.163. The van der Waals surface area contributed by atoms with Gasteiger partial charge in [0.1, 0.15) is 0 Å². The molecule has 0 saturated heterocycles. The van der Waals surface area contributed by atoms with Crippen LogP contribution in [0.25, 0.3) is 21.5 Å². The van der Waals surface area contributed by atoms with Crippen LogP contribution in [0, 0.1) is 6.08 Å². The van der Waals surface area contributed by atoms with Crippen molar-refractivity contribution in [2.45, 2.75) is 19.5 Å². The molecule has 0 nitrogen and oxygen atoms in total. The Morgan fingerprint density at radius 2 is 1.21 bits per heavy atom. The second-order valence-corrected chi connectivity index (χ2v) is 6.81. The van der Waals surface area contributed by atoms with E-state index in [1.165, 1.54) is 21.5 Å². The van der Waals surface area contributed by atoms with Gasteiger partial charge >= 0.3 is 26.2 Å². The van der Waals surface area contributed by atoms with Crippen molar-refractivity contribution in [1.82, 2.24) is 0 Å². The Hall–Kier alpha value is -1.18. The Bertz CT molecular complexity index is 801. The molecule has 0 bridgehead atoms. The summed E-state index contributed by atoms with van der Waals surface area (Å²) in [6, 6.07) is 29.3. The summed E-state index contributed by atoms with van der Waals surface area (Å²) in [5.74, 6) is 0. The van der Waals surface area contributed by atoms with E-state index in [9.17, 15) is 0 Å². The first-order valence-electron chi connectivity index (χ1n) is 8.86. The molecule has 1 aliphatic carbocycles. The number of benzene rings is 2. The summed E-state index contributed by atoms with van der Waals surface area (Å²) in [5.41, 5.74) is 0. The summed E-state index contributed by atoms with van der Waals surface area (Å²) in [4.78, 5) is 0. The molecule has 3 radical (unpaired) electrons. The van der Waals surface area contributed by atoms with Gasteiger partial charge in [-0.05, 0) is 0 Å². The van der Waals surface area contributed by atoms with Crippen LogP contribution in [0.2, 0.25) is 13.1 Å². The Morgan fingerprint density at radius 3 is 1.52 bits per heavy atom. The van der Waals surface area contributed by atoms with Gasteiger partial charge < -0.3 is 0 Å². The Balaban J connectivity index is 0. The van der Waals surface area contributed by atoms with Gasteiger partial charge in [-0.2, -0.15) is 41.1 Å². The molecule has 0 aromatic heterocycles. The van der Waals surface area contributed by atoms with Crippen LogP contribution in [-0.4, -0.2) is 9.52 Å². The van der Waals surface area contributed by atoms with E-state index in [-0.39, 0.29) is 51.0 Å².